The second-order valence-corrected chi connectivity index (χ2v) is 9.72. The van der Waals surface area contributed by atoms with Gasteiger partial charge in [0.05, 0.1) is 24.3 Å². The predicted octanol–water partition coefficient (Wildman–Crippen LogP) is 4.11. The summed E-state index contributed by atoms with van der Waals surface area (Å²) in [5.74, 6) is -0.331. The summed E-state index contributed by atoms with van der Waals surface area (Å²) in [5, 5.41) is 19.2. The number of benzene rings is 2. The summed E-state index contributed by atoms with van der Waals surface area (Å²) < 4.78 is 19.7. The normalized spacial score (nSPS) is 18.4. The second kappa shape index (κ2) is 11.5. The molecule has 1 aliphatic heterocycles. The highest BCUT2D eigenvalue weighted by Gasteiger charge is 2.34. The number of hydrogen-bond acceptors (Lipinski definition) is 6. The Hall–Kier alpha value is -3.80. The van der Waals surface area contributed by atoms with Gasteiger partial charge in [-0.15, -0.1) is 0 Å². The molecule has 37 heavy (non-hydrogen) atoms. The Labute approximate surface area is 216 Å². The summed E-state index contributed by atoms with van der Waals surface area (Å²) in [5.41, 5.74) is 3.28. The smallest absolute Gasteiger partial charge is 0.259 e. The Kier molecular flexibility index (Phi) is 8.17. The quantitative estimate of drug-likeness (QED) is 0.523. The topological polar surface area (TPSA) is 89.7 Å². The lowest BCUT2D eigenvalue weighted by Crippen LogP contribution is -2.49. The molecule has 0 spiro atoms. The average Bonchev–Trinajstić information content (AvgIpc) is 2.91. The molecule has 0 bridgehead atoms. The molecule has 192 valence electrons. The fourth-order valence-electron chi connectivity index (χ4n) is 4.52. The lowest BCUT2D eigenvalue weighted by atomic mass is 9.98. The third-order valence-corrected chi connectivity index (χ3v) is 6.70. The number of rotatable bonds is 7. The minimum atomic E-state index is -0.385. The number of nitrogens with zero attached hydrogens (tertiary/aromatic N) is 4. The van der Waals surface area contributed by atoms with Crippen molar-refractivity contribution in [1.29, 1.82) is 5.26 Å². The van der Waals surface area contributed by atoms with E-state index in [0.717, 1.165) is 11.1 Å². The van der Waals surface area contributed by atoms with Gasteiger partial charge in [-0.1, -0.05) is 31.2 Å². The van der Waals surface area contributed by atoms with Crippen LogP contribution in [0.4, 0.5) is 4.39 Å². The Morgan fingerprint density at radius 2 is 2.00 bits per heavy atom. The zero-order valence-electron chi connectivity index (χ0n) is 21.3. The number of ether oxygens (including phenoxy) is 1. The maximum Gasteiger partial charge on any atom is 0.259 e. The molecule has 7 nitrogen and oxygen atoms in total. The van der Waals surface area contributed by atoms with E-state index in [1.165, 1.54) is 12.1 Å². The monoisotopic (exact) mass is 502 g/mol. The van der Waals surface area contributed by atoms with Crippen LogP contribution in [-0.2, 0) is 6.54 Å². The van der Waals surface area contributed by atoms with Crippen molar-refractivity contribution in [2.75, 3.05) is 26.7 Å². The van der Waals surface area contributed by atoms with Gasteiger partial charge in [0, 0.05) is 37.3 Å². The van der Waals surface area contributed by atoms with Crippen LogP contribution in [0.25, 0.3) is 11.1 Å². The van der Waals surface area contributed by atoms with Crippen molar-refractivity contribution in [3.05, 3.63) is 83.3 Å². The van der Waals surface area contributed by atoms with Crippen LogP contribution in [0.1, 0.15) is 35.3 Å². The molecule has 4 rings (SSSR count). The van der Waals surface area contributed by atoms with Gasteiger partial charge in [0.1, 0.15) is 17.5 Å². The summed E-state index contributed by atoms with van der Waals surface area (Å²) in [6.45, 7) is 5.24. The van der Waals surface area contributed by atoms with Crippen molar-refractivity contribution >= 4 is 5.91 Å². The van der Waals surface area contributed by atoms with E-state index in [9.17, 15) is 19.6 Å². The van der Waals surface area contributed by atoms with Crippen molar-refractivity contribution in [3.8, 4) is 23.1 Å². The molecule has 8 heteroatoms. The minimum Gasteiger partial charge on any atom is -0.472 e. The molecule has 0 radical (unpaired) electrons. The first-order valence-corrected chi connectivity index (χ1v) is 12.3. The number of fused-ring (bicyclic) bond motifs is 1. The molecule has 0 saturated heterocycles. The number of aromatic nitrogens is 1. The third kappa shape index (κ3) is 6.13. The molecule has 0 saturated carbocycles. The number of pyridine rings is 1. The van der Waals surface area contributed by atoms with Crippen molar-refractivity contribution in [2.45, 2.75) is 32.5 Å². The first-order chi connectivity index (χ1) is 17.8. The number of carbonyl (C=O) groups is 1. The van der Waals surface area contributed by atoms with E-state index in [1.807, 2.05) is 27.0 Å². The Morgan fingerprint density at radius 1 is 1.24 bits per heavy atom. The first kappa shape index (κ1) is 26.3. The van der Waals surface area contributed by atoms with Gasteiger partial charge in [0.2, 0.25) is 5.88 Å². The van der Waals surface area contributed by atoms with Gasteiger partial charge in [0.15, 0.2) is 0 Å². The SMILES string of the molecule is C[C@H](CO)N1C[C@H](C)[C@@H](CN(C)Cc2ccc(F)cc2)Oc2ncc(-c3cccc(C#N)c3)cc2C1=O. The molecule has 0 aliphatic carbocycles. The Bertz CT molecular complexity index is 1290. The molecular formula is C29H31FN4O3. The molecule has 2 heterocycles. The number of amides is 1. The number of halogens is 1. The third-order valence-electron chi connectivity index (χ3n) is 6.70. The number of carbonyl (C=O) groups excluding carboxylic acids is 1. The van der Waals surface area contributed by atoms with Crippen LogP contribution in [0, 0.1) is 23.1 Å². The molecular weight excluding hydrogens is 471 g/mol. The molecule has 1 aromatic heterocycles. The van der Waals surface area contributed by atoms with Crippen molar-refractivity contribution in [3.63, 3.8) is 0 Å². The van der Waals surface area contributed by atoms with E-state index in [4.69, 9.17) is 4.74 Å². The van der Waals surface area contributed by atoms with E-state index >= 15 is 0 Å². The number of likely N-dealkylation sites (N-methyl/N-ethyl adjacent to an activating group) is 1. The average molecular weight is 503 g/mol. The van der Waals surface area contributed by atoms with Crippen LogP contribution in [0.2, 0.25) is 0 Å². The van der Waals surface area contributed by atoms with Crippen molar-refractivity contribution in [2.24, 2.45) is 5.92 Å². The Balaban J connectivity index is 1.66. The van der Waals surface area contributed by atoms with Crippen LogP contribution < -0.4 is 4.74 Å². The summed E-state index contributed by atoms with van der Waals surface area (Å²) in [4.78, 5) is 21.9. The zero-order chi connectivity index (χ0) is 26.5. The van der Waals surface area contributed by atoms with E-state index < -0.39 is 0 Å². The molecule has 0 fully saturated rings. The first-order valence-electron chi connectivity index (χ1n) is 12.3. The van der Waals surface area contributed by atoms with Gasteiger partial charge in [-0.2, -0.15) is 5.26 Å². The van der Waals surface area contributed by atoms with Crippen LogP contribution in [0.15, 0.2) is 60.8 Å². The van der Waals surface area contributed by atoms with Gasteiger partial charge in [0.25, 0.3) is 5.91 Å². The number of aliphatic hydroxyl groups is 1. The molecule has 1 aliphatic rings. The molecule has 0 unspecified atom stereocenters. The lowest BCUT2D eigenvalue weighted by molar-refractivity contribution is 0.0325. The number of hydrogen-bond donors (Lipinski definition) is 1. The number of nitriles is 1. The van der Waals surface area contributed by atoms with Crippen molar-refractivity contribution in [1.82, 2.24) is 14.8 Å². The van der Waals surface area contributed by atoms with Gasteiger partial charge in [-0.25, -0.2) is 9.37 Å². The van der Waals surface area contributed by atoms with E-state index in [1.54, 1.807) is 47.5 Å². The molecule has 1 amide bonds. The summed E-state index contributed by atoms with van der Waals surface area (Å²) in [6.07, 6.45) is 1.36. The largest absolute Gasteiger partial charge is 0.472 e. The molecule has 2 aromatic carbocycles. The van der Waals surface area contributed by atoms with Gasteiger partial charge in [-0.3, -0.25) is 9.69 Å². The molecule has 3 aromatic rings. The van der Waals surface area contributed by atoms with Gasteiger partial charge < -0.3 is 14.7 Å². The maximum absolute atomic E-state index is 13.6. The fourth-order valence-corrected chi connectivity index (χ4v) is 4.52. The predicted molar refractivity (Wildman–Crippen MR) is 138 cm³/mol. The summed E-state index contributed by atoms with van der Waals surface area (Å²) in [7, 11) is 1.97. The molecule has 1 N–H and O–H groups in total. The summed E-state index contributed by atoms with van der Waals surface area (Å²) >= 11 is 0. The highest BCUT2D eigenvalue weighted by Crippen LogP contribution is 2.30. The van der Waals surface area contributed by atoms with Crippen LogP contribution in [0.5, 0.6) is 5.88 Å². The minimum absolute atomic E-state index is 0.0458. The van der Waals surface area contributed by atoms with Crippen LogP contribution in [0.3, 0.4) is 0 Å². The second-order valence-electron chi connectivity index (χ2n) is 9.72. The fraction of sp³-hybridized carbons (Fsp3) is 0.345. The lowest BCUT2D eigenvalue weighted by Gasteiger charge is -2.37. The summed E-state index contributed by atoms with van der Waals surface area (Å²) in [6, 6.07) is 17.0. The maximum atomic E-state index is 13.6. The van der Waals surface area contributed by atoms with E-state index in [-0.39, 0.29) is 42.3 Å². The highest BCUT2D eigenvalue weighted by atomic mass is 19.1. The standard InChI is InChI=1S/C29H31FN4O3/c1-19-15-34(20(2)18-35)29(36)26-12-24(23-6-4-5-22(11-23)13-31)14-32-28(26)37-27(19)17-33(3)16-21-7-9-25(30)10-8-21/h4-12,14,19-20,27,35H,15-18H2,1-3H3/t19-,20+,27+/m0/s1. The van der Waals surface area contributed by atoms with Crippen LogP contribution in [-0.4, -0.2) is 64.7 Å². The van der Waals surface area contributed by atoms with Crippen molar-refractivity contribution < 1.29 is 19.0 Å². The molecule has 3 atom stereocenters. The van der Waals surface area contributed by atoms with Crippen LogP contribution >= 0.6 is 0 Å². The number of aliphatic hydroxyl groups excluding tert-OH is 1. The zero-order valence-corrected chi connectivity index (χ0v) is 21.3. The Morgan fingerprint density at radius 3 is 2.70 bits per heavy atom. The van der Waals surface area contributed by atoms with E-state index in [2.05, 4.69) is 16.0 Å². The van der Waals surface area contributed by atoms with Gasteiger partial charge >= 0.3 is 0 Å². The van der Waals surface area contributed by atoms with E-state index in [0.29, 0.717) is 36.3 Å². The highest BCUT2D eigenvalue weighted by molar-refractivity contribution is 5.98. The van der Waals surface area contributed by atoms with Gasteiger partial charge in [-0.05, 0) is 55.4 Å².